The van der Waals surface area contributed by atoms with Gasteiger partial charge in [0.05, 0.1) is 10.1 Å². The van der Waals surface area contributed by atoms with Gasteiger partial charge in [-0.2, -0.15) is 9.55 Å². The van der Waals surface area contributed by atoms with Crippen LogP contribution in [0.3, 0.4) is 0 Å². The highest BCUT2D eigenvalue weighted by molar-refractivity contribution is 9.12. The Kier molecular flexibility index (Phi) is 3.21. The van der Waals surface area contributed by atoms with E-state index in [1.165, 1.54) is 17.0 Å². The number of aromatic amines is 1. The highest BCUT2D eigenvalue weighted by atomic mass is 79.9. The van der Waals surface area contributed by atoms with Gasteiger partial charge >= 0.3 is 11.9 Å². The molecule has 0 saturated carbocycles. The van der Waals surface area contributed by atoms with Crippen LogP contribution < -0.4 is 4.57 Å². The van der Waals surface area contributed by atoms with E-state index in [9.17, 15) is 9.90 Å². The summed E-state index contributed by atoms with van der Waals surface area (Å²) in [6, 6.07) is -0.266. The van der Waals surface area contributed by atoms with Crippen LogP contribution in [0.2, 0.25) is 0 Å². The summed E-state index contributed by atoms with van der Waals surface area (Å²) in [6.45, 7) is 0. The average Bonchev–Trinajstić information content (AvgIpc) is 2.53. The molecule has 1 heterocycles. The number of carbonyl (C=O) groups excluding carboxylic acids is 1. The molecule has 3 N–H and O–H groups in total. The number of nitrogens with zero attached hydrogens (tertiary/aromatic N) is 1. The number of aromatic nitrogens is 2. The van der Waals surface area contributed by atoms with E-state index in [1.54, 1.807) is 12.2 Å². The largest absolute Gasteiger partial charge is 0.475 e. The molecule has 0 aliphatic heterocycles. The first-order valence-electron chi connectivity index (χ1n) is 4.50. The first-order valence-corrected chi connectivity index (χ1v) is 6.09. The molecular formula is C10H7Br2N2O3+. The molecule has 17 heavy (non-hydrogen) atoms. The number of H-pyrrole nitrogens is 1. The summed E-state index contributed by atoms with van der Waals surface area (Å²) < 4.78 is 2.36. The predicted octanol–water partition coefficient (Wildman–Crippen LogP) is 1.69. The molecule has 0 amide bonds. The van der Waals surface area contributed by atoms with E-state index < -0.39 is 0 Å². The Bertz CT molecular complexity index is 584. The quantitative estimate of drug-likeness (QED) is 0.525. The third kappa shape index (κ3) is 2.50. The Hall–Kier alpha value is -1.34. The number of carbonyl (C=O) groups is 1. The second kappa shape index (κ2) is 4.50. The predicted molar refractivity (Wildman–Crippen MR) is 67.6 cm³/mol. The number of nitrogens with one attached hydrogen (secondary N) is 1. The van der Waals surface area contributed by atoms with Crippen LogP contribution in [-0.4, -0.2) is 21.0 Å². The third-order valence-electron chi connectivity index (χ3n) is 2.06. The van der Waals surface area contributed by atoms with Crippen molar-refractivity contribution >= 4 is 43.8 Å². The van der Waals surface area contributed by atoms with Crippen molar-refractivity contribution in [1.29, 1.82) is 0 Å². The van der Waals surface area contributed by atoms with Gasteiger partial charge in [-0.3, -0.25) is 4.79 Å². The van der Waals surface area contributed by atoms with Crippen LogP contribution in [0.4, 0.5) is 0 Å². The minimum Gasteiger partial charge on any atom is -0.475 e. The van der Waals surface area contributed by atoms with E-state index in [4.69, 9.17) is 5.11 Å². The number of imidazole rings is 1. The number of allylic oxidation sites excluding steroid dienone is 5. The van der Waals surface area contributed by atoms with Gasteiger partial charge in [0.1, 0.15) is 6.20 Å². The standard InChI is InChI=1S/C10H6Br2N2O3/c11-6-1-5(9(16)7(12)2-6)3-14-4-8(15)13-10(14)17/h1-4H,(H2,13,15,17)/p+1. The van der Waals surface area contributed by atoms with Crippen LogP contribution in [0.25, 0.3) is 6.20 Å². The number of halogens is 2. The molecule has 0 fully saturated rings. The van der Waals surface area contributed by atoms with E-state index in [0.29, 0.717) is 10.1 Å². The number of hydrogen-bond donors (Lipinski definition) is 3. The zero-order chi connectivity index (χ0) is 12.6. The molecule has 0 bridgehead atoms. The fourth-order valence-electron chi connectivity index (χ4n) is 1.33. The van der Waals surface area contributed by atoms with Crippen molar-refractivity contribution < 1.29 is 19.6 Å². The maximum absolute atomic E-state index is 11.8. The summed E-state index contributed by atoms with van der Waals surface area (Å²) in [5.74, 6) is -0.402. The van der Waals surface area contributed by atoms with Gasteiger partial charge in [0, 0.05) is 4.48 Å². The molecule has 1 aromatic heterocycles. The third-order valence-corrected chi connectivity index (χ3v) is 3.11. The van der Waals surface area contributed by atoms with Gasteiger partial charge in [-0.05, 0) is 28.1 Å². The van der Waals surface area contributed by atoms with Crippen molar-refractivity contribution in [3.63, 3.8) is 0 Å². The molecule has 88 valence electrons. The maximum Gasteiger partial charge on any atom is 0.459 e. The smallest absolute Gasteiger partial charge is 0.459 e. The number of aromatic hydroxyl groups is 2. The molecule has 5 nitrogen and oxygen atoms in total. The molecule has 7 heteroatoms. The van der Waals surface area contributed by atoms with Crippen molar-refractivity contribution in [2.75, 3.05) is 0 Å². The van der Waals surface area contributed by atoms with E-state index in [-0.39, 0.29) is 17.7 Å². The molecule has 0 aromatic carbocycles. The Morgan fingerprint density at radius 3 is 2.59 bits per heavy atom. The summed E-state index contributed by atoms with van der Waals surface area (Å²) in [7, 11) is 0. The lowest BCUT2D eigenvalue weighted by Gasteiger charge is -2.05. The zero-order valence-electron chi connectivity index (χ0n) is 8.32. The SMILES string of the molecule is O=C1C(Br)=CC(Br)=CC1=C[n+]1cc(O)[nH]c1O. The van der Waals surface area contributed by atoms with E-state index in [0.717, 1.165) is 4.48 Å². The molecule has 0 unspecified atom stereocenters. The van der Waals surface area contributed by atoms with Crippen LogP contribution in [-0.2, 0) is 4.79 Å². The minimum atomic E-state index is -0.266. The highest BCUT2D eigenvalue weighted by Crippen LogP contribution is 2.26. The molecule has 0 spiro atoms. The fourth-order valence-corrected chi connectivity index (χ4v) is 2.59. The van der Waals surface area contributed by atoms with Crippen LogP contribution in [0.15, 0.2) is 32.9 Å². The zero-order valence-corrected chi connectivity index (χ0v) is 11.5. The van der Waals surface area contributed by atoms with Gasteiger partial charge in [-0.15, -0.1) is 0 Å². The lowest BCUT2D eigenvalue weighted by molar-refractivity contribution is -0.576. The topological polar surface area (TPSA) is 77.2 Å². The van der Waals surface area contributed by atoms with Crippen molar-refractivity contribution in [2.24, 2.45) is 0 Å². The van der Waals surface area contributed by atoms with E-state index in [2.05, 4.69) is 36.8 Å². The van der Waals surface area contributed by atoms with Crippen LogP contribution in [0, 0.1) is 0 Å². The Morgan fingerprint density at radius 1 is 1.29 bits per heavy atom. The molecule has 0 atom stereocenters. The van der Waals surface area contributed by atoms with E-state index in [1.807, 2.05) is 0 Å². The summed E-state index contributed by atoms with van der Waals surface area (Å²) in [6.07, 6.45) is 5.91. The molecule has 1 aliphatic rings. The first-order chi connectivity index (χ1) is 7.97. The number of ketones is 1. The number of hydrogen-bond acceptors (Lipinski definition) is 3. The summed E-state index contributed by atoms with van der Waals surface area (Å²) >= 11 is 6.41. The van der Waals surface area contributed by atoms with Gasteiger partial charge in [-0.25, -0.2) is 0 Å². The van der Waals surface area contributed by atoms with Gasteiger partial charge < -0.3 is 10.2 Å². The monoisotopic (exact) mass is 361 g/mol. The molecule has 0 saturated heterocycles. The van der Waals surface area contributed by atoms with Crippen molar-refractivity contribution in [1.82, 2.24) is 4.98 Å². The normalized spacial score (nSPS) is 18.2. The van der Waals surface area contributed by atoms with Gasteiger partial charge in [0.2, 0.25) is 5.78 Å². The van der Waals surface area contributed by atoms with Crippen molar-refractivity contribution in [2.45, 2.75) is 0 Å². The second-order valence-electron chi connectivity index (χ2n) is 3.31. The Labute approximate surface area is 113 Å². The molecule has 1 aliphatic carbocycles. The highest BCUT2D eigenvalue weighted by Gasteiger charge is 2.20. The van der Waals surface area contributed by atoms with Crippen LogP contribution in [0.5, 0.6) is 11.9 Å². The lowest BCUT2D eigenvalue weighted by Crippen LogP contribution is -2.25. The summed E-state index contributed by atoms with van der Waals surface area (Å²) in [5, 5.41) is 18.6. The Morgan fingerprint density at radius 2 is 2.00 bits per heavy atom. The molecule has 0 radical (unpaired) electrons. The molecular weight excluding hydrogens is 356 g/mol. The number of rotatable bonds is 1. The van der Waals surface area contributed by atoms with Crippen LogP contribution in [0.1, 0.15) is 0 Å². The van der Waals surface area contributed by atoms with Crippen LogP contribution >= 0.6 is 31.9 Å². The lowest BCUT2D eigenvalue weighted by atomic mass is 10.1. The van der Waals surface area contributed by atoms with Crippen molar-refractivity contribution in [3.05, 3.63) is 32.9 Å². The summed E-state index contributed by atoms with van der Waals surface area (Å²) in [5.41, 5.74) is 0.366. The van der Waals surface area contributed by atoms with Gasteiger partial charge in [0.25, 0.3) is 0 Å². The number of Topliss-reactive ketones (excluding diaryl/α,β-unsaturated/α-hetero) is 1. The molecule has 1 aromatic rings. The summed E-state index contributed by atoms with van der Waals surface area (Å²) in [4.78, 5) is 14.1. The van der Waals surface area contributed by atoms with Crippen molar-refractivity contribution in [3.8, 4) is 11.9 Å². The second-order valence-corrected chi connectivity index (χ2v) is 5.08. The Balaban J connectivity index is 2.45. The molecule has 2 rings (SSSR count). The first kappa shape index (κ1) is 12.1. The van der Waals surface area contributed by atoms with E-state index >= 15 is 0 Å². The maximum atomic E-state index is 11.8. The van der Waals surface area contributed by atoms with Gasteiger partial charge in [0.15, 0.2) is 6.20 Å². The van der Waals surface area contributed by atoms with Gasteiger partial charge in [-0.1, -0.05) is 15.9 Å². The average molecular weight is 363 g/mol. The fraction of sp³-hybridized carbons (Fsp3) is 0. The minimum absolute atomic E-state index is 0.194.